The van der Waals surface area contributed by atoms with E-state index in [1.165, 1.54) is 11.3 Å². The number of hydrazone groups is 1. The highest BCUT2D eigenvalue weighted by molar-refractivity contribution is 6.07. The summed E-state index contributed by atoms with van der Waals surface area (Å²) >= 11 is 0. The molecule has 1 aliphatic rings. The van der Waals surface area contributed by atoms with Gasteiger partial charge in [-0.15, -0.1) is 0 Å². The zero-order chi connectivity index (χ0) is 22.7. The first-order chi connectivity index (χ1) is 15.6. The monoisotopic (exact) mass is 436 g/mol. The van der Waals surface area contributed by atoms with E-state index in [1.807, 2.05) is 30.3 Å². The second kappa shape index (κ2) is 9.05. The summed E-state index contributed by atoms with van der Waals surface area (Å²) in [5, 5.41) is 6.13. The maximum absolute atomic E-state index is 13.2. The Balaban J connectivity index is 1.80. The number of carbonyl (C=O) groups is 1. The van der Waals surface area contributed by atoms with E-state index in [0.29, 0.717) is 40.7 Å². The van der Waals surface area contributed by atoms with Gasteiger partial charge in [0.05, 0.1) is 46.5 Å². The molecule has 2 heterocycles. The van der Waals surface area contributed by atoms with Crippen molar-refractivity contribution in [1.82, 2.24) is 5.01 Å². The molecule has 4 rings (SSSR count). The van der Waals surface area contributed by atoms with Crippen molar-refractivity contribution >= 4 is 11.6 Å². The molecular formula is C24H24N2O6. The summed E-state index contributed by atoms with van der Waals surface area (Å²) in [5.74, 6) is 2.07. The lowest BCUT2D eigenvalue weighted by Crippen LogP contribution is -2.26. The highest BCUT2D eigenvalue weighted by atomic mass is 16.5. The summed E-state index contributed by atoms with van der Waals surface area (Å²) in [4.78, 5) is 13.2. The van der Waals surface area contributed by atoms with Gasteiger partial charge in [-0.2, -0.15) is 5.10 Å². The number of ether oxygens (including phenoxy) is 4. The van der Waals surface area contributed by atoms with Gasteiger partial charge < -0.3 is 23.4 Å². The van der Waals surface area contributed by atoms with Crippen LogP contribution in [-0.2, 0) is 0 Å². The molecule has 1 unspecified atom stereocenters. The van der Waals surface area contributed by atoms with E-state index < -0.39 is 0 Å². The summed E-state index contributed by atoms with van der Waals surface area (Å²) in [6.07, 6.45) is 1.93. The molecule has 0 fully saturated rings. The molecule has 0 spiro atoms. The lowest BCUT2D eigenvalue weighted by Gasteiger charge is -2.21. The molecule has 0 aliphatic carbocycles. The average molecular weight is 436 g/mol. The van der Waals surface area contributed by atoms with Gasteiger partial charge in [-0.25, -0.2) is 5.01 Å². The van der Waals surface area contributed by atoms with Gasteiger partial charge in [0.25, 0.3) is 0 Å². The van der Waals surface area contributed by atoms with E-state index in [2.05, 4.69) is 0 Å². The summed E-state index contributed by atoms with van der Waals surface area (Å²) < 4.78 is 27.3. The molecule has 0 radical (unpaired) electrons. The molecular weight excluding hydrogens is 412 g/mol. The molecule has 1 aliphatic heterocycles. The molecule has 1 atom stereocenters. The summed E-state index contributed by atoms with van der Waals surface area (Å²) in [7, 11) is 6.27. The molecule has 0 N–H and O–H groups in total. The molecule has 8 nitrogen and oxygen atoms in total. The van der Waals surface area contributed by atoms with Crippen molar-refractivity contribution in [3.05, 3.63) is 71.7 Å². The van der Waals surface area contributed by atoms with Gasteiger partial charge in [-0.05, 0) is 42.0 Å². The quantitative estimate of drug-likeness (QED) is 0.549. The highest BCUT2D eigenvalue weighted by Gasteiger charge is 2.36. The fourth-order valence-electron chi connectivity index (χ4n) is 3.81. The average Bonchev–Trinajstić information content (AvgIpc) is 3.53. The summed E-state index contributed by atoms with van der Waals surface area (Å²) in [6, 6.07) is 14.2. The number of rotatable bonds is 7. The highest BCUT2D eigenvalue weighted by Crippen LogP contribution is 2.43. The Hall–Kier alpha value is -3.94. The molecule has 0 bridgehead atoms. The summed E-state index contributed by atoms with van der Waals surface area (Å²) in [6.45, 7) is 0. The predicted octanol–water partition coefficient (Wildman–Crippen LogP) is 4.31. The Morgan fingerprint density at radius 3 is 2.44 bits per heavy atom. The number of carbonyl (C=O) groups excluding carboxylic acids is 1. The predicted molar refractivity (Wildman–Crippen MR) is 118 cm³/mol. The maximum Gasteiger partial charge on any atom is 0.310 e. The van der Waals surface area contributed by atoms with Crippen molar-refractivity contribution in [2.75, 3.05) is 28.4 Å². The molecule has 166 valence electrons. The molecule has 1 amide bonds. The van der Waals surface area contributed by atoms with Crippen molar-refractivity contribution in [2.45, 2.75) is 12.5 Å². The summed E-state index contributed by atoms with van der Waals surface area (Å²) in [5.41, 5.74) is 2.28. The van der Waals surface area contributed by atoms with Crippen LogP contribution in [0.2, 0.25) is 0 Å². The lowest BCUT2D eigenvalue weighted by molar-refractivity contribution is 0.0678. The minimum Gasteiger partial charge on any atom is -0.497 e. The second-order valence-corrected chi connectivity index (χ2v) is 7.05. The van der Waals surface area contributed by atoms with E-state index >= 15 is 0 Å². The van der Waals surface area contributed by atoms with E-state index in [4.69, 9.17) is 28.5 Å². The standard InChI is InChI=1S/C24H24N2O6/c1-28-16-8-5-7-15(13-16)19-14-18(25-26(19)24(27)21-9-6-12-32-21)17-10-11-20(29-2)23(31-4)22(17)30-3/h5-13,19H,14H2,1-4H3. The third-order valence-electron chi connectivity index (χ3n) is 5.34. The fourth-order valence-corrected chi connectivity index (χ4v) is 3.81. The van der Waals surface area contributed by atoms with Crippen LogP contribution >= 0.6 is 0 Å². The first-order valence-electron chi connectivity index (χ1n) is 9.99. The van der Waals surface area contributed by atoms with Crippen LogP contribution in [0.1, 0.15) is 34.1 Å². The van der Waals surface area contributed by atoms with Crippen molar-refractivity contribution in [3.8, 4) is 23.0 Å². The van der Waals surface area contributed by atoms with Crippen LogP contribution in [0, 0.1) is 0 Å². The molecule has 8 heteroatoms. The fraction of sp³-hybridized carbons (Fsp3) is 0.250. The SMILES string of the molecule is COc1cccc(C2CC(c3ccc(OC)c(OC)c3OC)=NN2C(=O)c2ccco2)c1. The van der Waals surface area contributed by atoms with Gasteiger partial charge in [0.1, 0.15) is 5.75 Å². The zero-order valence-electron chi connectivity index (χ0n) is 18.3. The van der Waals surface area contributed by atoms with Crippen LogP contribution in [0.3, 0.4) is 0 Å². The van der Waals surface area contributed by atoms with E-state index in [0.717, 1.165) is 5.56 Å². The van der Waals surface area contributed by atoms with E-state index in [9.17, 15) is 4.79 Å². The number of nitrogens with zero attached hydrogens (tertiary/aromatic N) is 2. The maximum atomic E-state index is 13.2. The molecule has 0 saturated carbocycles. The largest absolute Gasteiger partial charge is 0.497 e. The van der Waals surface area contributed by atoms with E-state index in [-0.39, 0.29) is 17.7 Å². The molecule has 2 aromatic carbocycles. The van der Waals surface area contributed by atoms with Crippen LogP contribution in [0.25, 0.3) is 0 Å². The third kappa shape index (κ3) is 3.75. The minimum absolute atomic E-state index is 0.210. The number of hydrogen-bond acceptors (Lipinski definition) is 7. The van der Waals surface area contributed by atoms with Crippen LogP contribution in [-0.4, -0.2) is 45.1 Å². The number of methoxy groups -OCH3 is 4. The third-order valence-corrected chi connectivity index (χ3v) is 5.34. The Bertz CT molecular complexity index is 1140. The molecule has 3 aromatic rings. The van der Waals surface area contributed by atoms with Crippen molar-refractivity contribution in [2.24, 2.45) is 5.10 Å². The van der Waals surface area contributed by atoms with Crippen LogP contribution in [0.5, 0.6) is 23.0 Å². The van der Waals surface area contributed by atoms with Crippen molar-refractivity contribution in [3.63, 3.8) is 0 Å². The smallest absolute Gasteiger partial charge is 0.310 e. The van der Waals surface area contributed by atoms with Crippen molar-refractivity contribution in [1.29, 1.82) is 0 Å². The normalized spacial score (nSPS) is 15.3. The second-order valence-electron chi connectivity index (χ2n) is 7.05. The van der Waals surface area contributed by atoms with Gasteiger partial charge in [-0.3, -0.25) is 4.79 Å². The zero-order valence-corrected chi connectivity index (χ0v) is 18.3. The Morgan fingerprint density at radius 2 is 1.78 bits per heavy atom. The van der Waals surface area contributed by atoms with Gasteiger partial charge in [0.2, 0.25) is 5.75 Å². The Kier molecular flexibility index (Phi) is 6.02. The van der Waals surface area contributed by atoms with Crippen molar-refractivity contribution < 1.29 is 28.2 Å². The number of furan rings is 1. The lowest BCUT2D eigenvalue weighted by atomic mass is 9.97. The van der Waals surface area contributed by atoms with Crippen LogP contribution in [0.15, 0.2) is 64.3 Å². The Labute approximate surface area is 185 Å². The van der Waals surface area contributed by atoms with Crippen LogP contribution in [0.4, 0.5) is 0 Å². The molecule has 0 saturated heterocycles. The van der Waals surface area contributed by atoms with Gasteiger partial charge in [0, 0.05) is 12.0 Å². The molecule has 32 heavy (non-hydrogen) atoms. The number of hydrogen-bond donors (Lipinski definition) is 0. The first kappa shape index (κ1) is 21.3. The minimum atomic E-state index is -0.351. The van der Waals surface area contributed by atoms with Gasteiger partial charge in [0.15, 0.2) is 17.3 Å². The molecule has 1 aromatic heterocycles. The number of benzene rings is 2. The number of amides is 1. The van der Waals surface area contributed by atoms with Gasteiger partial charge in [-0.1, -0.05) is 12.1 Å². The first-order valence-corrected chi connectivity index (χ1v) is 9.99. The Morgan fingerprint density at radius 1 is 0.969 bits per heavy atom. The van der Waals surface area contributed by atoms with E-state index in [1.54, 1.807) is 46.6 Å². The van der Waals surface area contributed by atoms with Gasteiger partial charge >= 0.3 is 5.91 Å². The van der Waals surface area contributed by atoms with Crippen LogP contribution < -0.4 is 18.9 Å². The topological polar surface area (TPSA) is 82.7 Å².